The van der Waals surface area contributed by atoms with Crippen LogP contribution >= 0.6 is 0 Å². The maximum atomic E-state index is 3.84. The molecule has 2 heteroatoms. The van der Waals surface area contributed by atoms with Gasteiger partial charge in [0.25, 0.3) is 0 Å². The molecule has 3 fully saturated rings. The fraction of sp³-hybridized carbons (Fsp3) is 1.00. The van der Waals surface area contributed by atoms with Crippen LogP contribution in [0.1, 0.15) is 92.9 Å². The first-order chi connectivity index (χ1) is 11.6. The Morgan fingerprint density at radius 1 is 0.880 bits per heavy atom. The zero-order valence-electron chi connectivity index (χ0n) is 18.0. The molecule has 0 radical (unpaired) electrons. The van der Waals surface area contributed by atoms with E-state index in [1.807, 2.05) is 0 Å². The molecule has 0 amide bonds. The van der Waals surface area contributed by atoms with E-state index < -0.39 is 0 Å². The van der Waals surface area contributed by atoms with Crippen molar-refractivity contribution in [2.45, 2.75) is 104 Å². The van der Waals surface area contributed by atoms with Crippen LogP contribution in [0.5, 0.6) is 0 Å². The minimum Gasteiger partial charge on any atom is -0.312 e. The van der Waals surface area contributed by atoms with Crippen molar-refractivity contribution in [1.82, 2.24) is 10.2 Å². The zero-order valence-corrected chi connectivity index (χ0v) is 18.0. The van der Waals surface area contributed by atoms with Crippen LogP contribution in [0.4, 0.5) is 0 Å². The van der Waals surface area contributed by atoms with Crippen molar-refractivity contribution in [2.75, 3.05) is 19.6 Å². The molecule has 3 rings (SSSR count). The molecule has 2 nitrogen and oxygen atoms in total. The Bertz CT molecular complexity index is 443. The zero-order chi connectivity index (χ0) is 18.3. The van der Waals surface area contributed by atoms with Gasteiger partial charge in [-0.25, -0.2) is 0 Å². The van der Waals surface area contributed by atoms with Gasteiger partial charge in [0, 0.05) is 11.1 Å². The van der Waals surface area contributed by atoms with Crippen LogP contribution in [0.25, 0.3) is 0 Å². The fourth-order valence-corrected chi connectivity index (χ4v) is 5.19. The molecule has 2 unspecified atom stereocenters. The van der Waals surface area contributed by atoms with Crippen LogP contribution in [0.15, 0.2) is 0 Å². The first kappa shape index (κ1) is 19.7. The van der Waals surface area contributed by atoms with Gasteiger partial charge in [0.2, 0.25) is 0 Å². The molecular weight excluding hydrogens is 304 g/mol. The Hall–Kier alpha value is -0.0800. The molecule has 0 aromatic carbocycles. The Morgan fingerprint density at radius 3 is 2.04 bits per heavy atom. The van der Waals surface area contributed by atoms with Gasteiger partial charge in [-0.1, -0.05) is 13.8 Å². The van der Waals surface area contributed by atoms with Gasteiger partial charge in [-0.2, -0.15) is 0 Å². The van der Waals surface area contributed by atoms with E-state index in [1.165, 1.54) is 71.0 Å². The summed E-state index contributed by atoms with van der Waals surface area (Å²) in [4.78, 5) is 2.71. The van der Waals surface area contributed by atoms with E-state index in [2.05, 4.69) is 51.8 Å². The highest BCUT2D eigenvalue weighted by Crippen LogP contribution is 2.52. The van der Waals surface area contributed by atoms with Crippen LogP contribution in [0, 0.1) is 23.2 Å². The molecular formula is C23H44N2. The Labute approximate surface area is 157 Å². The van der Waals surface area contributed by atoms with E-state index in [9.17, 15) is 0 Å². The molecule has 2 saturated carbocycles. The van der Waals surface area contributed by atoms with Crippen molar-refractivity contribution in [3.63, 3.8) is 0 Å². The number of nitrogens with one attached hydrogen (secondary N) is 1. The molecule has 2 atom stereocenters. The highest BCUT2D eigenvalue weighted by Gasteiger charge is 2.45. The standard InChI is InChI=1S/C23H44N2/c1-21(2,12-13-22(3,4)24-17-18-8-9-18)20-11-10-19(20)16-23(5,6)25-14-7-15-25/h18-20,24H,7-17H2,1-6H3. The average Bonchev–Trinajstić information content (AvgIpc) is 3.21. The smallest absolute Gasteiger partial charge is 0.0156 e. The van der Waals surface area contributed by atoms with E-state index in [4.69, 9.17) is 0 Å². The lowest BCUT2D eigenvalue weighted by Gasteiger charge is -2.53. The molecule has 1 aliphatic heterocycles. The van der Waals surface area contributed by atoms with Gasteiger partial charge in [0.1, 0.15) is 0 Å². The number of hydrogen-bond donors (Lipinski definition) is 1. The topological polar surface area (TPSA) is 15.3 Å². The van der Waals surface area contributed by atoms with Crippen molar-refractivity contribution in [3.8, 4) is 0 Å². The first-order valence-electron chi connectivity index (χ1n) is 11.1. The predicted octanol–water partition coefficient (Wildman–Crippen LogP) is 5.47. The molecule has 0 bridgehead atoms. The van der Waals surface area contributed by atoms with E-state index in [1.54, 1.807) is 0 Å². The average molecular weight is 349 g/mol. The van der Waals surface area contributed by atoms with Crippen molar-refractivity contribution in [1.29, 1.82) is 0 Å². The summed E-state index contributed by atoms with van der Waals surface area (Å²) in [5.41, 5.74) is 1.21. The van der Waals surface area contributed by atoms with Crippen molar-refractivity contribution in [2.24, 2.45) is 23.2 Å². The monoisotopic (exact) mass is 348 g/mol. The first-order valence-corrected chi connectivity index (χ1v) is 11.1. The molecule has 2 aliphatic carbocycles. The second-order valence-corrected chi connectivity index (χ2v) is 11.5. The van der Waals surface area contributed by atoms with Gasteiger partial charge in [-0.15, -0.1) is 0 Å². The normalized spacial score (nSPS) is 28.6. The second kappa shape index (κ2) is 7.15. The predicted molar refractivity (Wildman–Crippen MR) is 109 cm³/mol. The third-order valence-electron chi connectivity index (χ3n) is 7.86. The molecule has 25 heavy (non-hydrogen) atoms. The Kier molecular flexibility index (Phi) is 5.63. The van der Waals surface area contributed by atoms with Crippen molar-refractivity contribution >= 4 is 0 Å². The molecule has 0 spiro atoms. The minimum absolute atomic E-state index is 0.302. The van der Waals surface area contributed by atoms with E-state index in [0.717, 1.165) is 17.8 Å². The van der Waals surface area contributed by atoms with Gasteiger partial charge < -0.3 is 5.32 Å². The third kappa shape index (κ3) is 5.01. The molecule has 3 aliphatic rings. The lowest BCUT2D eigenvalue weighted by Crippen LogP contribution is -2.54. The van der Waals surface area contributed by atoms with E-state index >= 15 is 0 Å². The molecule has 1 heterocycles. The fourth-order valence-electron chi connectivity index (χ4n) is 5.19. The number of nitrogens with zero attached hydrogens (tertiary/aromatic N) is 1. The molecule has 146 valence electrons. The largest absolute Gasteiger partial charge is 0.312 e. The number of hydrogen-bond acceptors (Lipinski definition) is 2. The summed E-state index contributed by atoms with van der Waals surface area (Å²) in [5.74, 6) is 2.87. The lowest BCUT2D eigenvalue weighted by atomic mass is 9.56. The maximum Gasteiger partial charge on any atom is 0.0156 e. The van der Waals surface area contributed by atoms with Crippen LogP contribution in [-0.2, 0) is 0 Å². The summed E-state index contributed by atoms with van der Waals surface area (Å²) >= 11 is 0. The summed E-state index contributed by atoms with van der Waals surface area (Å²) in [6.45, 7) is 18.8. The highest BCUT2D eigenvalue weighted by molar-refractivity contribution is 4.98. The van der Waals surface area contributed by atoms with Crippen molar-refractivity contribution in [3.05, 3.63) is 0 Å². The third-order valence-corrected chi connectivity index (χ3v) is 7.86. The number of likely N-dealkylation sites (tertiary alicyclic amines) is 1. The number of rotatable bonds is 10. The quantitative estimate of drug-likeness (QED) is 0.563. The van der Waals surface area contributed by atoms with Crippen LogP contribution in [0.3, 0.4) is 0 Å². The van der Waals surface area contributed by atoms with Gasteiger partial charge in [0.05, 0.1) is 0 Å². The van der Waals surface area contributed by atoms with Gasteiger partial charge in [0.15, 0.2) is 0 Å². The van der Waals surface area contributed by atoms with Gasteiger partial charge in [-0.3, -0.25) is 4.90 Å². The SMILES string of the molecule is CC(C)(CCC(C)(C)C1CCC1CC(C)(C)N1CCC1)NCC1CC1. The highest BCUT2D eigenvalue weighted by atomic mass is 15.2. The summed E-state index contributed by atoms with van der Waals surface area (Å²) < 4.78 is 0. The maximum absolute atomic E-state index is 3.84. The minimum atomic E-state index is 0.302. The molecule has 0 aromatic rings. The van der Waals surface area contributed by atoms with E-state index in [-0.39, 0.29) is 0 Å². The van der Waals surface area contributed by atoms with Gasteiger partial charge >= 0.3 is 0 Å². The van der Waals surface area contributed by atoms with Gasteiger partial charge in [-0.05, 0) is 122 Å². The van der Waals surface area contributed by atoms with E-state index in [0.29, 0.717) is 16.5 Å². The van der Waals surface area contributed by atoms with Crippen LogP contribution < -0.4 is 5.32 Å². The summed E-state index contributed by atoms with van der Waals surface area (Å²) in [7, 11) is 0. The van der Waals surface area contributed by atoms with Crippen LogP contribution in [-0.4, -0.2) is 35.6 Å². The summed E-state index contributed by atoms with van der Waals surface area (Å²) in [6, 6.07) is 0. The molecule has 0 aromatic heterocycles. The summed E-state index contributed by atoms with van der Waals surface area (Å²) in [5, 5.41) is 3.84. The molecule has 1 saturated heterocycles. The second-order valence-electron chi connectivity index (χ2n) is 11.5. The Morgan fingerprint density at radius 2 is 1.56 bits per heavy atom. The van der Waals surface area contributed by atoms with Crippen molar-refractivity contribution < 1.29 is 0 Å². The molecule has 1 N–H and O–H groups in total. The Balaban J connectivity index is 1.47. The van der Waals surface area contributed by atoms with Crippen LogP contribution in [0.2, 0.25) is 0 Å². The summed E-state index contributed by atoms with van der Waals surface area (Å²) in [6.07, 6.45) is 11.3. The lowest BCUT2D eigenvalue weighted by molar-refractivity contribution is -0.0284.